The molecular weight excluding hydrogens is 336 g/mol. The lowest BCUT2D eigenvalue weighted by atomic mass is 10.2. The maximum Gasteiger partial charge on any atom is 0.255 e. The number of halogens is 1. The second kappa shape index (κ2) is 9.70. The molecule has 1 aromatic rings. The number of ether oxygens (including phenoxy) is 1. The molecule has 118 valence electrons. The Morgan fingerprint density at radius 2 is 2.24 bits per heavy atom. The molecule has 1 heterocycles. The fourth-order valence-corrected chi connectivity index (χ4v) is 2.07. The molecule has 1 amide bonds. The number of nitrogens with one attached hydrogen (secondary N) is 2. The van der Waals surface area contributed by atoms with Crippen molar-refractivity contribution in [1.82, 2.24) is 15.2 Å². The number of aromatic nitrogens is 1. The predicted molar refractivity (Wildman–Crippen MR) is 87.8 cm³/mol. The number of methoxy groups -OCH3 is 1. The van der Waals surface area contributed by atoms with Gasteiger partial charge in [0.05, 0.1) is 12.2 Å². The molecule has 0 saturated carbocycles. The SMILES string of the molecule is CCNc1ncc(Br)cc1C(=O)NCCN(C)CCOC. The van der Waals surface area contributed by atoms with Crippen LogP contribution in [-0.4, -0.2) is 62.7 Å². The molecule has 0 aromatic carbocycles. The van der Waals surface area contributed by atoms with E-state index in [2.05, 4.69) is 36.4 Å². The van der Waals surface area contributed by atoms with Crippen molar-refractivity contribution in [3.63, 3.8) is 0 Å². The zero-order valence-corrected chi connectivity index (χ0v) is 14.4. The van der Waals surface area contributed by atoms with E-state index in [4.69, 9.17) is 4.74 Å². The molecule has 0 aliphatic rings. The quantitative estimate of drug-likeness (QED) is 0.701. The number of likely N-dealkylation sites (N-methyl/N-ethyl adjacent to an activating group) is 1. The molecular formula is C14H23BrN4O2. The fraction of sp³-hybridized carbons (Fsp3) is 0.571. The third kappa shape index (κ3) is 6.41. The molecule has 0 radical (unpaired) electrons. The first-order chi connectivity index (χ1) is 10.1. The van der Waals surface area contributed by atoms with Gasteiger partial charge in [-0.3, -0.25) is 4.79 Å². The molecule has 6 nitrogen and oxygen atoms in total. The van der Waals surface area contributed by atoms with E-state index in [1.807, 2.05) is 14.0 Å². The average molecular weight is 359 g/mol. The summed E-state index contributed by atoms with van der Waals surface area (Å²) in [5, 5.41) is 6.00. The number of rotatable bonds is 9. The van der Waals surface area contributed by atoms with Crippen LogP contribution in [0.3, 0.4) is 0 Å². The first-order valence-electron chi connectivity index (χ1n) is 6.93. The first kappa shape index (κ1) is 17.9. The molecule has 0 aliphatic carbocycles. The lowest BCUT2D eigenvalue weighted by molar-refractivity contribution is 0.0948. The molecule has 0 atom stereocenters. The van der Waals surface area contributed by atoms with E-state index >= 15 is 0 Å². The van der Waals surface area contributed by atoms with Crippen molar-refractivity contribution >= 4 is 27.7 Å². The maximum absolute atomic E-state index is 12.2. The highest BCUT2D eigenvalue weighted by molar-refractivity contribution is 9.10. The largest absolute Gasteiger partial charge is 0.383 e. The summed E-state index contributed by atoms with van der Waals surface area (Å²) in [4.78, 5) is 18.6. The van der Waals surface area contributed by atoms with E-state index in [1.165, 1.54) is 0 Å². The van der Waals surface area contributed by atoms with Crippen molar-refractivity contribution < 1.29 is 9.53 Å². The summed E-state index contributed by atoms with van der Waals surface area (Å²) < 4.78 is 5.80. The Hall–Kier alpha value is -1.18. The van der Waals surface area contributed by atoms with E-state index in [0.717, 1.165) is 17.6 Å². The predicted octanol–water partition coefficient (Wildman–Crippen LogP) is 1.58. The minimum Gasteiger partial charge on any atom is -0.383 e. The van der Waals surface area contributed by atoms with Gasteiger partial charge in [0, 0.05) is 44.0 Å². The van der Waals surface area contributed by atoms with Gasteiger partial charge in [0.25, 0.3) is 5.91 Å². The van der Waals surface area contributed by atoms with Gasteiger partial charge in [0.1, 0.15) is 5.82 Å². The minimum absolute atomic E-state index is 0.125. The number of nitrogens with zero attached hydrogens (tertiary/aromatic N) is 2. The van der Waals surface area contributed by atoms with Crippen LogP contribution in [0.4, 0.5) is 5.82 Å². The molecule has 0 saturated heterocycles. The Morgan fingerprint density at radius 3 is 2.90 bits per heavy atom. The molecule has 0 bridgehead atoms. The van der Waals surface area contributed by atoms with Gasteiger partial charge in [-0.15, -0.1) is 0 Å². The van der Waals surface area contributed by atoms with Gasteiger partial charge < -0.3 is 20.3 Å². The van der Waals surface area contributed by atoms with Crippen molar-refractivity contribution in [2.24, 2.45) is 0 Å². The standard InChI is InChI=1S/C14H23BrN4O2/c1-4-16-13-12(9-11(15)10-18-13)14(20)17-5-6-19(2)7-8-21-3/h9-10H,4-8H2,1-3H3,(H,16,18)(H,17,20). The van der Waals surface area contributed by atoms with Crippen molar-refractivity contribution in [3.05, 3.63) is 22.3 Å². The van der Waals surface area contributed by atoms with Crippen molar-refractivity contribution in [2.45, 2.75) is 6.92 Å². The second-order valence-corrected chi connectivity index (χ2v) is 5.55. The molecule has 1 rings (SSSR count). The topological polar surface area (TPSA) is 66.5 Å². The monoisotopic (exact) mass is 358 g/mol. The summed E-state index contributed by atoms with van der Waals surface area (Å²) in [6.07, 6.45) is 1.67. The van der Waals surface area contributed by atoms with Crippen LogP contribution in [0.5, 0.6) is 0 Å². The van der Waals surface area contributed by atoms with Crippen molar-refractivity contribution in [1.29, 1.82) is 0 Å². The summed E-state index contributed by atoms with van der Waals surface area (Å²) in [6.45, 7) is 5.56. The van der Waals surface area contributed by atoms with Crippen LogP contribution in [-0.2, 0) is 4.74 Å². The van der Waals surface area contributed by atoms with E-state index in [1.54, 1.807) is 19.4 Å². The molecule has 0 aliphatic heterocycles. The van der Waals surface area contributed by atoms with Gasteiger partial charge in [-0.05, 0) is 36.0 Å². The molecule has 0 spiro atoms. The lowest BCUT2D eigenvalue weighted by Gasteiger charge is -2.16. The molecule has 7 heteroatoms. The van der Waals surface area contributed by atoms with Gasteiger partial charge in [0.15, 0.2) is 0 Å². The fourth-order valence-electron chi connectivity index (χ4n) is 1.74. The van der Waals surface area contributed by atoms with Gasteiger partial charge in [-0.25, -0.2) is 4.98 Å². The first-order valence-corrected chi connectivity index (χ1v) is 7.72. The molecule has 0 fully saturated rings. The van der Waals surface area contributed by atoms with Gasteiger partial charge >= 0.3 is 0 Å². The summed E-state index contributed by atoms with van der Waals surface area (Å²) in [6, 6.07) is 1.77. The highest BCUT2D eigenvalue weighted by Crippen LogP contribution is 2.17. The summed E-state index contributed by atoms with van der Waals surface area (Å²) in [5.41, 5.74) is 0.547. The number of anilines is 1. The zero-order valence-electron chi connectivity index (χ0n) is 12.8. The summed E-state index contributed by atoms with van der Waals surface area (Å²) in [5.74, 6) is 0.478. The Labute approximate surface area is 134 Å². The molecule has 1 aromatic heterocycles. The van der Waals surface area contributed by atoms with E-state index < -0.39 is 0 Å². The Bertz CT molecular complexity index is 457. The zero-order chi connectivity index (χ0) is 15.7. The maximum atomic E-state index is 12.2. The highest BCUT2D eigenvalue weighted by atomic mass is 79.9. The van der Waals surface area contributed by atoms with Crippen LogP contribution in [0.25, 0.3) is 0 Å². The van der Waals surface area contributed by atoms with Crippen molar-refractivity contribution in [3.8, 4) is 0 Å². The van der Waals surface area contributed by atoms with Gasteiger partial charge in [-0.1, -0.05) is 0 Å². The lowest BCUT2D eigenvalue weighted by Crippen LogP contribution is -2.34. The third-order valence-electron chi connectivity index (χ3n) is 2.90. The summed E-state index contributed by atoms with van der Waals surface area (Å²) >= 11 is 3.34. The number of hydrogen-bond donors (Lipinski definition) is 2. The Balaban J connectivity index is 2.53. The van der Waals surface area contributed by atoms with E-state index in [-0.39, 0.29) is 5.91 Å². The number of carbonyl (C=O) groups is 1. The second-order valence-electron chi connectivity index (χ2n) is 4.63. The van der Waals surface area contributed by atoms with Crippen LogP contribution in [0.15, 0.2) is 16.7 Å². The average Bonchev–Trinajstić information content (AvgIpc) is 2.47. The Morgan fingerprint density at radius 1 is 1.48 bits per heavy atom. The highest BCUT2D eigenvalue weighted by Gasteiger charge is 2.12. The number of amides is 1. The Kier molecular flexibility index (Phi) is 8.26. The van der Waals surface area contributed by atoms with Crippen LogP contribution in [0.2, 0.25) is 0 Å². The molecule has 0 unspecified atom stereocenters. The summed E-state index contributed by atoms with van der Waals surface area (Å²) in [7, 11) is 3.67. The van der Waals surface area contributed by atoms with Crippen molar-refractivity contribution in [2.75, 3.05) is 52.3 Å². The molecule has 21 heavy (non-hydrogen) atoms. The van der Waals surface area contributed by atoms with E-state index in [0.29, 0.717) is 31.1 Å². The number of carbonyl (C=O) groups excluding carboxylic acids is 1. The van der Waals surface area contributed by atoms with Crippen LogP contribution in [0, 0.1) is 0 Å². The van der Waals surface area contributed by atoms with E-state index in [9.17, 15) is 4.79 Å². The van der Waals surface area contributed by atoms with Gasteiger partial charge in [-0.2, -0.15) is 0 Å². The van der Waals surface area contributed by atoms with Crippen LogP contribution < -0.4 is 10.6 Å². The minimum atomic E-state index is -0.125. The van der Waals surface area contributed by atoms with Crippen LogP contribution >= 0.6 is 15.9 Å². The number of pyridine rings is 1. The smallest absolute Gasteiger partial charge is 0.255 e. The molecule has 2 N–H and O–H groups in total. The van der Waals surface area contributed by atoms with Gasteiger partial charge in [0.2, 0.25) is 0 Å². The van der Waals surface area contributed by atoms with Crippen LogP contribution in [0.1, 0.15) is 17.3 Å². The normalized spacial score (nSPS) is 10.7. The number of hydrogen-bond acceptors (Lipinski definition) is 5. The third-order valence-corrected chi connectivity index (χ3v) is 3.33.